The predicted molar refractivity (Wildman–Crippen MR) is 71.1 cm³/mol. The van der Waals surface area contributed by atoms with Crippen molar-refractivity contribution in [3.63, 3.8) is 0 Å². The van der Waals surface area contributed by atoms with Crippen LogP contribution < -0.4 is 10.5 Å². The van der Waals surface area contributed by atoms with Crippen LogP contribution in [0.4, 0.5) is 0 Å². The van der Waals surface area contributed by atoms with Crippen molar-refractivity contribution in [2.24, 2.45) is 5.73 Å². The van der Waals surface area contributed by atoms with Crippen molar-refractivity contribution in [1.82, 2.24) is 4.98 Å². The Morgan fingerprint density at radius 2 is 1.88 bits per heavy atom. The van der Waals surface area contributed by atoms with Crippen LogP contribution in [0.15, 0.2) is 47.2 Å². The molecule has 0 amide bonds. The minimum absolute atomic E-state index is 0.0385. The van der Waals surface area contributed by atoms with Gasteiger partial charge in [0, 0.05) is 16.7 Å². The monoisotopic (exact) mass is 292 g/mol. The first kappa shape index (κ1) is 12.1. The van der Waals surface area contributed by atoms with Gasteiger partial charge < -0.3 is 10.5 Å². The van der Waals surface area contributed by atoms with Crippen LogP contribution >= 0.6 is 15.9 Å². The van der Waals surface area contributed by atoms with E-state index >= 15 is 0 Å². The van der Waals surface area contributed by atoms with Gasteiger partial charge >= 0.3 is 0 Å². The lowest BCUT2D eigenvalue weighted by Gasteiger charge is -2.08. The lowest BCUT2D eigenvalue weighted by Crippen LogP contribution is -2.04. The number of pyridine rings is 1. The number of hydrogen-bond donors (Lipinski definition) is 1. The summed E-state index contributed by atoms with van der Waals surface area (Å²) in [6, 6.07) is 9.64. The summed E-state index contributed by atoms with van der Waals surface area (Å²) in [5.74, 6) is 1.47. The van der Waals surface area contributed by atoms with E-state index in [4.69, 9.17) is 10.5 Å². The lowest BCUT2D eigenvalue weighted by atomic mass is 10.1. The van der Waals surface area contributed by atoms with Crippen molar-refractivity contribution in [1.29, 1.82) is 0 Å². The van der Waals surface area contributed by atoms with Crippen LogP contribution in [0.1, 0.15) is 18.5 Å². The smallest absolute Gasteiger partial charge is 0.146 e. The van der Waals surface area contributed by atoms with Crippen molar-refractivity contribution in [2.75, 3.05) is 0 Å². The predicted octanol–water partition coefficient (Wildman–Crippen LogP) is 3.66. The van der Waals surface area contributed by atoms with Crippen LogP contribution in [0.2, 0.25) is 0 Å². The highest BCUT2D eigenvalue weighted by Crippen LogP contribution is 2.24. The van der Waals surface area contributed by atoms with Gasteiger partial charge in [-0.1, -0.05) is 12.1 Å². The van der Waals surface area contributed by atoms with E-state index in [2.05, 4.69) is 20.9 Å². The standard InChI is InChI=1S/C13H13BrN2O/c1-9(15)10-2-4-12(5-3-10)17-13-6-11(14)7-16-8-13/h2-9H,15H2,1H3/t9-/m0/s1. The van der Waals surface area contributed by atoms with Crippen molar-refractivity contribution < 1.29 is 4.74 Å². The van der Waals surface area contributed by atoms with Crippen molar-refractivity contribution >= 4 is 15.9 Å². The summed E-state index contributed by atoms with van der Waals surface area (Å²) in [5, 5.41) is 0. The Hall–Kier alpha value is -1.39. The maximum Gasteiger partial charge on any atom is 0.146 e. The maximum absolute atomic E-state index is 5.78. The summed E-state index contributed by atoms with van der Waals surface area (Å²) in [6.07, 6.45) is 3.39. The van der Waals surface area contributed by atoms with E-state index in [-0.39, 0.29) is 6.04 Å². The quantitative estimate of drug-likeness (QED) is 0.939. The molecular weight excluding hydrogens is 280 g/mol. The van der Waals surface area contributed by atoms with Gasteiger partial charge in [-0.15, -0.1) is 0 Å². The molecule has 1 aromatic carbocycles. The Morgan fingerprint density at radius 3 is 2.47 bits per heavy atom. The van der Waals surface area contributed by atoms with Gasteiger partial charge in [0.25, 0.3) is 0 Å². The van der Waals surface area contributed by atoms with Crippen molar-refractivity contribution in [3.05, 3.63) is 52.8 Å². The molecule has 2 N–H and O–H groups in total. The van der Waals surface area contributed by atoms with Crippen LogP contribution in [0.5, 0.6) is 11.5 Å². The van der Waals surface area contributed by atoms with Gasteiger partial charge in [0.2, 0.25) is 0 Å². The molecule has 0 fully saturated rings. The molecule has 2 rings (SSSR count). The molecule has 1 heterocycles. The minimum atomic E-state index is 0.0385. The zero-order valence-electron chi connectivity index (χ0n) is 9.43. The SMILES string of the molecule is C[C@H](N)c1ccc(Oc2cncc(Br)c2)cc1. The van der Waals surface area contributed by atoms with Crippen molar-refractivity contribution in [2.45, 2.75) is 13.0 Å². The van der Waals surface area contributed by atoms with Crippen molar-refractivity contribution in [3.8, 4) is 11.5 Å². The first-order chi connectivity index (χ1) is 8.15. The average Bonchev–Trinajstić information content (AvgIpc) is 2.29. The van der Waals surface area contributed by atoms with E-state index in [1.165, 1.54) is 0 Å². The Bertz CT molecular complexity index is 497. The van der Waals surface area contributed by atoms with Gasteiger partial charge in [0.05, 0.1) is 6.20 Å². The minimum Gasteiger partial charge on any atom is -0.456 e. The molecule has 4 heteroatoms. The van der Waals surface area contributed by atoms with Crippen LogP contribution in [0.3, 0.4) is 0 Å². The van der Waals surface area contributed by atoms with Gasteiger partial charge in [0.1, 0.15) is 11.5 Å². The van der Waals surface area contributed by atoms with E-state index < -0.39 is 0 Å². The second-order valence-corrected chi connectivity index (χ2v) is 4.71. The summed E-state index contributed by atoms with van der Waals surface area (Å²) >= 11 is 3.35. The first-order valence-corrected chi connectivity index (χ1v) is 6.08. The van der Waals surface area contributed by atoms with Gasteiger partial charge in [-0.2, -0.15) is 0 Å². The van der Waals surface area contributed by atoms with Crippen LogP contribution in [0.25, 0.3) is 0 Å². The number of halogens is 1. The van der Waals surface area contributed by atoms with Gasteiger partial charge in [0.15, 0.2) is 0 Å². The number of aromatic nitrogens is 1. The highest BCUT2D eigenvalue weighted by Gasteiger charge is 2.01. The van der Waals surface area contributed by atoms with E-state index in [1.54, 1.807) is 12.4 Å². The van der Waals surface area contributed by atoms with E-state index in [0.717, 1.165) is 15.8 Å². The number of nitrogens with zero attached hydrogens (tertiary/aromatic N) is 1. The van der Waals surface area contributed by atoms with Gasteiger partial charge in [-0.3, -0.25) is 4.98 Å². The second-order valence-electron chi connectivity index (χ2n) is 3.80. The average molecular weight is 293 g/mol. The highest BCUT2D eigenvalue weighted by molar-refractivity contribution is 9.10. The van der Waals surface area contributed by atoms with E-state index in [9.17, 15) is 0 Å². The molecule has 0 aliphatic carbocycles. The van der Waals surface area contributed by atoms with Gasteiger partial charge in [-0.25, -0.2) is 0 Å². The molecule has 1 atom stereocenters. The molecule has 0 saturated carbocycles. The fourth-order valence-corrected chi connectivity index (χ4v) is 1.77. The zero-order valence-corrected chi connectivity index (χ0v) is 11.0. The normalized spacial score (nSPS) is 12.2. The van der Waals surface area contributed by atoms with Crippen LogP contribution in [0, 0.1) is 0 Å². The topological polar surface area (TPSA) is 48.1 Å². The second kappa shape index (κ2) is 5.29. The molecule has 0 unspecified atom stereocenters. The molecular formula is C13H13BrN2O. The highest BCUT2D eigenvalue weighted by atomic mass is 79.9. The van der Waals surface area contributed by atoms with Crippen LogP contribution in [-0.2, 0) is 0 Å². The third-order valence-electron chi connectivity index (χ3n) is 2.32. The fourth-order valence-electron chi connectivity index (χ4n) is 1.42. The fraction of sp³-hybridized carbons (Fsp3) is 0.154. The summed E-state index contributed by atoms with van der Waals surface area (Å²) < 4.78 is 6.55. The summed E-state index contributed by atoms with van der Waals surface area (Å²) in [4.78, 5) is 4.03. The number of ether oxygens (including phenoxy) is 1. The van der Waals surface area contributed by atoms with E-state index in [1.807, 2.05) is 37.3 Å². The molecule has 1 aromatic heterocycles. The third-order valence-corrected chi connectivity index (χ3v) is 2.76. The molecule has 0 saturated heterocycles. The summed E-state index contributed by atoms with van der Waals surface area (Å²) in [7, 11) is 0. The molecule has 0 aliphatic rings. The number of benzene rings is 1. The summed E-state index contributed by atoms with van der Waals surface area (Å²) in [6.45, 7) is 1.95. The van der Waals surface area contributed by atoms with Crippen LogP contribution in [-0.4, -0.2) is 4.98 Å². The Labute approximate surface area is 109 Å². The largest absolute Gasteiger partial charge is 0.456 e. The zero-order chi connectivity index (χ0) is 12.3. The van der Waals surface area contributed by atoms with Gasteiger partial charge in [-0.05, 0) is 46.6 Å². The maximum atomic E-state index is 5.78. The number of nitrogens with two attached hydrogens (primary N) is 1. The van der Waals surface area contributed by atoms with E-state index in [0.29, 0.717) is 5.75 Å². The molecule has 88 valence electrons. The molecule has 0 aliphatic heterocycles. The molecule has 2 aromatic rings. The Balaban J connectivity index is 2.14. The lowest BCUT2D eigenvalue weighted by molar-refractivity contribution is 0.479. The first-order valence-electron chi connectivity index (χ1n) is 5.29. The molecule has 0 radical (unpaired) electrons. The Morgan fingerprint density at radius 1 is 1.18 bits per heavy atom. The molecule has 0 bridgehead atoms. The third kappa shape index (κ3) is 3.28. The molecule has 0 spiro atoms. The molecule has 17 heavy (non-hydrogen) atoms. The number of hydrogen-bond acceptors (Lipinski definition) is 3. The number of rotatable bonds is 3. The molecule has 3 nitrogen and oxygen atoms in total. The Kier molecular flexibility index (Phi) is 3.76. The summed E-state index contributed by atoms with van der Waals surface area (Å²) in [5.41, 5.74) is 6.87.